The Morgan fingerprint density at radius 1 is 1.32 bits per heavy atom. The molecule has 2 rings (SSSR count). The highest BCUT2D eigenvalue weighted by Crippen LogP contribution is 2.26. The molecule has 22 heavy (non-hydrogen) atoms. The molecule has 0 aliphatic carbocycles. The van der Waals surface area contributed by atoms with E-state index in [0.717, 1.165) is 16.4 Å². The highest BCUT2D eigenvalue weighted by molar-refractivity contribution is 7.13. The minimum atomic E-state index is -0.783. The summed E-state index contributed by atoms with van der Waals surface area (Å²) >= 11 is 1.58. The van der Waals surface area contributed by atoms with Gasteiger partial charge >= 0.3 is 5.97 Å². The van der Waals surface area contributed by atoms with Crippen LogP contribution in [0.5, 0.6) is 0 Å². The second-order valence-electron chi connectivity index (χ2n) is 5.76. The predicted octanol–water partition coefficient (Wildman–Crippen LogP) is 4.06. The number of carboxylic acid groups (broad SMARTS) is 1. The zero-order valence-electron chi connectivity index (χ0n) is 13.2. The quantitative estimate of drug-likeness (QED) is 0.836. The third kappa shape index (κ3) is 4.56. The van der Waals surface area contributed by atoms with Crippen LogP contribution in [-0.4, -0.2) is 22.6 Å². The van der Waals surface area contributed by atoms with E-state index >= 15 is 0 Å². The first-order chi connectivity index (χ1) is 10.5. The van der Waals surface area contributed by atoms with E-state index in [0.29, 0.717) is 19.0 Å². The van der Waals surface area contributed by atoms with Gasteiger partial charge in [0.1, 0.15) is 0 Å². The van der Waals surface area contributed by atoms with Crippen LogP contribution in [0, 0.1) is 6.92 Å². The molecule has 0 bridgehead atoms. The van der Waals surface area contributed by atoms with Crippen molar-refractivity contribution in [2.24, 2.45) is 0 Å². The van der Waals surface area contributed by atoms with Crippen molar-refractivity contribution in [2.45, 2.75) is 39.7 Å². The van der Waals surface area contributed by atoms with E-state index in [4.69, 9.17) is 5.11 Å². The minimum absolute atomic E-state index is 0.114. The zero-order valence-corrected chi connectivity index (χ0v) is 14.1. The number of hydrogen-bond donors (Lipinski definition) is 1. The van der Waals surface area contributed by atoms with Crippen LogP contribution in [0.3, 0.4) is 0 Å². The van der Waals surface area contributed by atoms with Crippen LogP contribution in [0.1, 0.15) is 43.0 Å². The SMILES string of the molecule is Cc1ccc(CN(CCC(=O)O)c2nc(C(C)C)cs2)cc1. The molecule has 0 saturated carbocycles. The molecule has 0 saturated heterocycles. The lowest BCUT2D eigenvalue weighted by Crippen LogP contribution is -2.25. The van der Waals surface area contributed by atoms with E-state index in [9.17, 15) is 4.79 Å². The molecule has 2 aromatic rings. The van der Waals surface area contributed by atoms with E-state index in [1.807, 2.05) is 0 Å². The Morgan fingerprint density at radius 3 is 2.55 bits per heavy atom. The van der Waals surface area contributed by atoms with Gasteiger partial charge in [-0.1, -0.05) is 43.7 Å². The van der Waals surface area contributed by atoms with Crippen LogP contribution >= 0.6 is 11.3 Å². The summed E-state index contributed by atoms with van der Waals surface area (Å²) in [5.41, 5.74) is 3.44. The largest absolute Gasteiger partial charge is 0.481 e. The number of carbonyl (C=O) groups is 1. The molecular formula is C17H22N2O2S. The van der Waals surface area contributed by atoms with Gasteiger partial charge in [0.15, 0.2) is 5.13 Å². The first-order valence-electron chi connectivity index (χ1n) is 7.43. The lowest BCUT2D eigenvalue weighted by Gasteiger charge is -2.21. The second kappa shape index (κ2) is 7.40. The molecule has 0 spiro atoms. The third-order valence-electron chi connectivity index (χ3n) is 3.46. The van der Waals surface area contributed by atoms with Crippen molar-refractivity contribution in [3.05, 3.63) is 46.5 Å². The fourth-order valence-electron chi connectivity index (χ4n) is 2.07. The Bertz CT molecular complexity index is 620. The fraction of sp³-hybridized carbons (Fsp3) is 0.412. The number of carboxylic acids is 1. The van der Waals surface area contributed by atoms with Gasteiger partial charge in [-0.2, -0.15) is 0 Å². The van der Waals surface area contributed by atoms with Gasteiger partial charge in [-0.05, 0) is 18.4 Å². The summed E-state index contributed by atoms with van der Waals surface area (Å²) in [7, 11) is 0. The van der Waals surface area contributed by atoms with Crippen molar-refractivity contribution < 1.29 is 9.90 Å². The van der Waals surface area contributed by atoms with E-state index in [1.165, 1.54) is 5.56 Å². The molecule has 5 heteroatoms. The maximum atomic E-state index is 10.9. The van der Waals surface area contributed by atoms with Gasteiger partial charge in [0.05, 0.1) is 12.1 Å². The average Bonchev–Trinajstić information content (AvgIpc) is 2.95. The van der Waals surface area contributed by atoms with E-state index < -0.39 is 5.97 Å². The van der Waals surface area contributed by atoms with Crippen LogP contribution in [0.15, 0.2) is 29.6 Å². The van der Waals surface area contributed by atoms with Crippen molar-refractivity contribution in [2.75, 3.05) is 11.4 Å². The molecule has 1 N–H and O–H groups in total. The average molecular weight is 318 g/mol. The number of thiazole rings is 1. The second-order valence-corrected chi connectivity index (χ2v) is 6.60. The summed E-state index contributed by atoms with van der Waals surface area (Å²) in [6.45, 7) is 7.43. The number of aromatic nitrogens is 1. The number of anilines is 1. The third-order valence-corrected chi connectivity index (χ3v) is 4.38. The van der Waals surface area contributed by atoms with Crippen LogP contribution in [0.25, 0.3) is 0 Å². The van der Waals surface area contributed by atoms with Crippen molar-refractivity contribution in [1.29, 1.82) is 0 Å². The molecule has 0 atom stereocenters. The van der Waals surface area contributed by atoms with Gasteiger partial charge in [-0.15, -0.1) is 11.3 Å². The number of aliphatic carboxylic acids is 1. The molecule has 1 aromatic heterocycles. The maximum Gasteiger partial charge on any atom is 0.305 e. The molecule has 0 aliphatic heterocycles. The van der Waals surface area contributed by atoms with Crippen LogP contribution < -0.4 is 4.90 Å². The highest BCUT2D eigenvalue weighted by Gasteiger charge is 2.14. The maximum absolute atomic E-state index is 10.9. The lowest BCUT2D eigenvalue weighted by atomic mass is 10.1. The number of nitrogens with zero attached hydrogens (tertiary/aromatic N) is 2. The van der Waals surface area contributed by atoms with Crippen molar-refractivity contribution in [3.8, 4) is 0 Å². The molecule has 0 radical (unpaired) electrons. The van der Waals surface area contributed by atoms with Gasteiger partial charge in [0, 0.05) is 18.5 Å². The van der Waals surface area contributed by atoms with E-state index in [1.54, 1.807) is 11.3 Å². The molecule has 0 aliphatic rings. The minimum Gasteiger partial charge on any atom is -0.481 e. The zero-order chi connectivity index (χ0) is 16.1. The summed E-state index contributed by atoms with van der Waals surface area (Å²) < 4.78 is 0. The van der Waals surface area contributed by atoms with Crippen LogP contribution in [0.2, 0.25) is 0 Å². The Morgan fingerprint density at radius 2 is 2.00 bits per heavy atom. The van der Waals surface area contributed by atoms with Gasteiger partial charge < -0.3 is 10.0 Å². The summed E-state index contributed by atoms with van der Waals surface area (Å²) in [4.78, 5) is 17.6. The molecular weight excluding hydrogens is 296 g/mol. The first kappa shape index (κ1) is 16.5. The van der Waals surface area contributed by atoms with E-state index in [2.05, 4.69) is 60.3 Å². The highest BCUT2D eigenvalue weighted by atomic mass is 32.1. The first-order valence-corrected chi connectivity index (χ1v) is 8.31. The Balaban J connectivity index is 2.17. The molecule has 0 fully saturated rings. The summed E-state index contributed by atoms with van der Waals surface area (Å²) in [6.07, 6.45) is 0.114. The Hall–Kier alpha value is -1.88. The number of aryl methyl sites for hydroxylation is 1. The van der Waals surface area contributed by atoms with Gasteiger partial charge in [-0.25, -0.2) is 4.98 Å². The molecule has 4 nitrogen and oxygen atoms in total. The van der Waals surface area contributed by atoms with Gasteiger partial charge in [0.25, 0.3) is 0 Å². The number of benzene rings is 1. The molecule has 0 unspecified atom stereocenters. The van der Waals surface area contributed by atoms with Crippen LogP contribution in [-0.2, 0) is 11.3 Å². The molecule has 0 amide bonds. The normalized spacial score (nSPS) is 10.9. The lowest BCUT2D eigenvalue weighted by molar-refractivity contribution is -0.136. The van der Waals surface area contributed by atoms with Crippen molar-refractivity contribution >= 4 is 22.4 Å². The van der Waals surface area contributed by atoms with Crippen molar-refractivity contribution in [1.82, 2.24) is 4.98 Å². The summed E-state index contributed by atoms with van der Waals surface area (Å²) in [5, 5.41) is 11.9. The van der Waals surface area contributed by atoms with Gasteiger partial charge in [0.2, 0.25) is 0 Å². The van der Waals surface area contributed by atoms with Gasteiger partial charge in [-0.3, -0.25) is 4.79 Å². The molecule has 118 valence electrons. The van der Waals surface area contributed by atoms with Crippen LogP contribution in [0.4, 0.5) is 5.13 Å². The number of hydrogen-bond acceptors (Lipinski definition) is 4. The molecule has 1 aromatic carbocycles. The standard InChI is InChI=1S/C17H22N2O2S/c1-12(2)15-11-22-17(18-15)19(9-8-16(20)21)10-14-6-4-13(3)5-7-14/h4-7,11-12H,8-10H2,1-3H3,(H,20,21). The fourth-order valence-corrected chi connectivity index (χ4v) is 3.09. The summed E-state index contributed by atoms with van der Waals surface area (Å²) in [6, 6.07) is 8.32. The van der Waals surface area contributed by atoms with E-state index in [-0.39, 0.29) is 6.42 Å². The number of rotatable bonds is 7. The van der Waals surface area contributed by atoms with Crippen molar-refractivity contribution in [3.63, 3.8) is 0 Å². The smallest absolute Gasteiger partial charge is 0.305 e. The predicted molar refractivity (Wildman–Crippen MR) is 90.7 cm³/mol. The molecule has 1 heterocycles. The monoisotopic (exact) mass is 318 g/mol. The topological polar surface area (TPSA) is 53.4 Å². The Kier molecular flexibility index (Phi) is 5.55. The Labute approximate surface area is 135 Å². The summed E-state index contributed by atoms with van der Waals surface area (Å²) in [5.74, 6) is -0.403.